The van der Waals surface area contributed by atoms with Crippen molar-refractivity contribution in [2.75, 3.05) is 11.9 Å². The number of hydrogen-bond donors (Lipinski definition) is 3. The lowest BCUT2D eigenvalue weighted by atomic mass is 10.00. The highest BCUT2D eigenvalue weighted by Crippen LogP contribution is 2.23. The van der Waals surface area contributed by atoms with Crippen molar-refractivity contribution in [3.8, 4) is 11.1 Å². The molecule has 1 amide bonds. The molecule has 0 aliphatic carbocycles. The standard InChI is InChI=1S/C21H23ClN6O3/c1-3-31-20(30)13(2)23-18(19(29)24-21-25-27-28-26-21)11-14-7-9-15(10-8-14)16-5-4-6-17(22)12-16/h4-10,12-13,18,23H,3,11H2,1-2H3,(H2,24,25,26,27,28,29)/t13-,18-/m0/s1. The number of aromatic amines is 1. The van der Waals surface area contributed by atoms with Crippen LogP contribution >= 0.6 is 11.6 Å². The second kappa shape index (κ2) is 10.6. The Morgan fingerprint density at radius 3 is 2.58 bits per heavy atom. The third-order valence-corrected chi connectivity index (χ3v) is 4.77. The molecule has 0 unspecified atom stereocenters. The molecule has 1 aromatic heterocycles. The van der Waals surface area contributed by atoms with E-state index in [1.165, 1.54) is 0 Å². The molecule has 3 rings (SSSR count). The van der Waals surface area contributed by atoms with Gasteiger partial charge >= 0.3 is 5.97 Å². The van der Waals surface area contributed by atoms with E-state index in [9.17, 15) is 9.59 Å². The van der Waals surface area contributed by atoms with Crippen LogP contribution in [0.3, 0.4) is 0 Å². The van der Waals surface area contributed by atoms with Crippen molar-refractivity contribution in [1.82, 2.24) is 25.9 Å². The quantitative estimate of drug-likeness (QED) is 0.435. The topological polar surface area (TPSA) is 122 Å². The highest BCUT2D eigenvalue weighted by molar-refractivity contribution is 6.30. The van der Waals surface area contributed by atoms with Crippen molar-refractivity contribution in [3.63, 3.8) is 0 Å². The Balaban J connectivity index is 1.75. The van der Waals surface area contributed by atoms with Crippen LogP contribution in [0.15, 0.2) is 48.5 Å². The first-order valence-corrected chi connectivity index (χ1v) is 10.2. The molecule has 0 aliphatic heterocycles. The van der Waals surface area contributed by atoms with Gasteiger partial charge in [0.15, 0.2) is 0 Å². The number of amides is 1. The lowest BCUT2D eigenvalue weighted by molar-refractivity contribution is -0.145. The van der Waals surface area contributed by atoms with Crippen LogP contribution < -0.4 is 10.6 Å². The maximum atomic E-state index is 12.8. The number of nitrogens with zero attached hydrogens (tertiary/aromatic N) is 3. The SMILES string of the molecule is CCOC(=O)[C@H](C)N[C@@H](Cc1ccc(-c2cccc(Cl)c2)cc1)C(=O)Nc1nn[nH]n1. The van der Waals surface area contributed by atoms with Gasteiger partial charge in [-0.2, -0.15) is 5.21 Å². The summed E-state index contributed by atoms with van der Waals surface area (Å²) in [7, 11) is 0. The molecule has 3 N–H and O–H groups in total. The average molecular weight is 443 g/mol. The summed E-state index contributed by atoms with van der Waals surface area (Å²) in [6.45, 7) is 3.64. The highest BCUT2D eigenvalue weighted by atomic mass is 35.5. The largest absolute Gasteiger partial charge is 0.465 e. The Kier molecular flexibility index (Phi) is 7.69. The summed E-state index contributed by atoms with van der Waals surface area (Å²) in [5.74, 6) is -0.774. The number of hydrogen-bond acceptors (Lipinski definition) is 7. The van der Waals surface area contributed by atoms with Crippen LogP contribution in [0.5, 0.6) is 0 Å². The van der Waals surface area contributed by atoms with Gasteiger partial charge in [-0.25, -0.2) is 0 Å². The zero-order chi connectivity index (χ0) is 22.2. The average Bonchev–Trinajstić information content (AvgIpc) is 3.27. The number of benzene rings is 2. The van der Waals surface area contributed by atoms with E-state index >= 15 is 0 Å². The van der Waals surface area contributed by atoms with Gasteiger partial charge < -0.3 is 4.74 Å². The van der Waals surface area contributed by atoms with Crippen molar-refractivity contribution in [3.05, 3.63) is 59.1 Å². The van der Waals surface area contributed by atoms with Gasteiger partial charge in [0.2, 0.25) is 5.91 Å². The highest BCUT2D eigenvalue weighted by Gasteiger charge is 2.25. The second-order valence-electron chi connectivity index (χ2n) is 6.83. The Bertz CT molecular complexity index is 1010. The molecule has 9 nitrogen and oxygen atoms in total. The molecule has 2 atom stereocenters. The number of carbonyl (C=O) groups is 2. The molecule has 3 aromatic rings. The molecular formula is C21H23ClN6O3. The van der Waals surface area contributed by atoms with Crippen LogP contribution in [0.25, 0.3) is 11.1 Å². The Morgan fingerprint density at radius 1 is 1.16 bits per heavy atom. The van der Waals surface area contributed by atoms with Crippen LogP contribution in [-0.4, -0.2) is 51.2 Å². The first-order chi connectivity index (χ1) is 15.0. The van der Waals surface area contributed by atoms with Gasteiger partial charge in [-0.3, -0.25) is 20.2 Å². The van der Waals surface area contributed by atoms with Crippen molar-refractivity contribution < 1.29 is 14.3 Å². The Labute approximate surface area is 184 Å². The molecule has 10 heteroatoms. The molecule has 31 heavy (non-hydrogen) atoms. The number of aromatic nitrogens is 4. The number of ether oxygens (including phenoxy) is 1. The van der Waals surface area contributed by atoms with Gasteiger partial charge in [-0.15, -0.1) is 5.10 Å². The molecule has 162 valence electrons. The van der Waals surface area contributed by atoms with Crippen LogP contribution in [0.2, 0.25) is 5.02 Å². The maximum absolute atomic E-state index is 12.8. The number of rotatable bonds is 9. The number of carbonyl (C=O) groups excluding carboxylic acids is 2. The summed E-state index contributed by atoms with van der Waals surface area (Å²) in [6, 6.07) is 14.0. The fourth-order valence-electron chi connectivity index (χ4n) is 3.01. The number of esters is 1. The summed E-state index contributed by atoms with van der Waals surface area (Å²) < 4.78 is 5.03. The fraction of sp³-hybridized carbons (Fsp3) is 0.286. The summed E-state index contributed by atoms with van der Waals surface area (Å²) >= 11 is 6.08. The molecule has 0 aliphatic rings. The van der Waals surface area contributed by atoms with Crippen molar-refractivity contribution in [2.45, 2.75) is 32.4 Å². The summed E-state index contributed by atoms with van der Waals surface area (Å²) in [4.78, 5) is 24.8. The van der Waals surface area contributed by atoms with Crippen molar-refractivity contribution >= 4 is 29.4 Å². The third-order valence-electron chi connectivity index (χ3n) is 4.54. The van der Waals surface area contributed by atoms with Gasteiger partial charge in [0.1, 0.15) is 6.04 Å². The molecular weight excluding hydrogens is 420 g/mol. The predicted molar refractivity (Wildman–Crippen MR) is 116 cm³/mol. The molecule has 2 aromatic carbocycles. The Morgan fingerprint density at radius 2 is 1.94 bits per heavy atom. The zero-order valence-corrected chi connectivity index (χ0v) is 17.9. The number of halogens is 1. The molecule has 0 fully saturated rings. The summed E-state index contributed by atoms with van der Waals surface area (Å²) in [5, 5.41) is 19.4. The van der Waals surface area contributed by atoms with Crippen LogP contribution in [0.4, 0.5) is 5.95 Å². The van der Waals surface area contributed by atoms with Crippen LogP contribution in [0, 0.1) is 0 Å². The Hall–Kier alpha value is -3.30. The number of nitrogens with one attached hydrogen (secondary N) is 3. The lowest BCUT2D eigenvalue weighted by Gasteiger charge is -2.21. The smallest absolute Gasteiger partial charge is 0.322 e. The van der Waals surface area contributed by atoms with E-state index in [1.807, 2.05) is 48.5 Å². The molecule has 0 saturated carbocycles. The molecule has 1 heterocycles. The summed E-state index contributed by atoms with van der Waals surface area (Å²) in [5.41, 5.74) is 2.91. The van der Waals surface area contributed by atoms with Gasteiger partial charge in [0, 0.05) is 5.02 Å². The van der Waals surface area contributed by atoms with Crippen molar-refractivity contribution in [1.29, 1.82) is 0 Å². The predicted octanol–water partition coefficient (Wildman–Crippen LogP) is 2.61. The van der Waals surface area contributed by atoms with Gasteiger partial charge in [0.25, 0.3) is 5.95 Å². The number of H-pyrrole nitrogens is 1. The van der Waals surface area contributed by atoms with E-state index in [0.29, 0.717) is 11.4 Å². The maximum Gasteiger partial charge on any atom is 0.322 e. The molecule has 0 spiro atoms. The lowest BCUT2D eigenvalue weighted by Crippen LogP contribution is -2.49. The number of tetrazole rings is 1. The second-order valence-corrected chi connectivity index (χ2v) is 7.27. The monoisotopic (exact) mass is 442 g/mol. The van der Waals surface area contributed by atoms with E-state index in [-0.39, 0.29) is 12.6 Å². The molecule has 0 radical (unpaired) electrons. The van der Waals surface area contributed by atoms with Crippen LogP contribution in [0.1, 0.15) is 19.4 Å². The molecule has 0 saturated heterocycles. The van der Waals surface area contributed by atoms with Crippen molar-refractivity contribution in [2.24, 2.45) is 0 Å². The van der Waals surface area contributed by atoms with E-state index in [2.05, 4.69) is 31.3 Å². The minimum absolute atomic E-state index is 0.0527. The fourth-order valence-corrected chi connectivity index (χ4v) is 3.20. The minimum atomic E-state index is -0.727. The zero-order valence-electron chi connectivity index (χ0n) is 17.1. The normalized spacial score (nSPS) is 12.7. The number of anilines is 1. The van der Waals surface area contributed by atoms with Gasteiger partial charge in [-0.05, 0) is 54.3 Å². The van der Waals surface area contributed by atoms with E-state index in [0.717, 1.165) is 16.7 Å². The van der Waals surface area contributed by atoms with Gasteiger partial charge in [0.05, 0.1) is 12.6 Å². The molecule has 0 bridgehead atoms. The van der Waals surface area contributed by atoms with Gasteiger partial charge in [-0.1, -0.05) is 53.1 Å². The summed E-state index contributed by atoms with van der Waals surface area (Å²) in [6.07, 6.45) is 0.337. The van der Waals surface area contributed by atoms with Crippen LogP contribution in [-0.2, 0) is 20.7 Å². The minimum Gasteiger partial charge on any atom is -0.465 e. The first kappa shape index (κ1) is 22.4. The van der Waals surface area contributed by atoms with E-state index in [4.69, 9.17) is 16.3 Å². The first-order valence-electron chi connectivity index (χ1n) is 9.78. The van der Waals surface area contributed by atoms with E-state index in [1.54, 1.807) is 13.8 Å². The van der Waals surface area contributed by atoms with E-state index < -0.39 is 24.0 Å². The third kappa shape index (κ3) is 6.34.